The van der Waals surface area contributed by atoms with E-state index in [9.17, 15) is 4.79 Å². The van der Waals surface area contributed by atoms with Crippen LogP contribution in [0.5, 0.6) is 11.5 Å². The Balaban J connectivity index is 2.36. The molecule has 1 aromatic carbocycles. The Morgan fingerprint density at radius 3 is 2.78 bits per heavy atom. The third kappa shape index (κ3) is 4.25. The lowest BCUT2D eigenvalue weighted by Gasteiger charge is -2.25. The zero-order chi connectivity index (χ0) is 16.8. The number of ether oxygens (including phenoxy) is 2. The Kier molecular flexibility index (Phi) is 6.03. The highest BCUT2D eigenvalue weighted by Crippen LogP contribution is 2.39. The van der Waals surface area contributed by atoms with Gasteiger partial charge in [-0.15, -0.1) is 0 Å². The highest BCUT2D eigenvalue weighted by molar-refractivity contribution is 5.78. The highest BCUT2D eigenvalue weighted by atomic mass is 16.5. The van der Waals surface area contributed by atoms with Gasteiger partial charge in [-0.25, -0.2) is 0 Å². The maximum Gasteiger partial charge on any atom is 0.131 e. The molecule has 0 saturated heterocycles. The van der Waals surface area contributed by atoms with Gasteiger partial charge >= 0.3 is 0 Å². The number of ketones is 1. The Morgan fingerprint density at radius 1 is 1.35 bits per heavy atom. The van der Waals surface area contributed by atoms with E-state index in [4.69, 9.17) is 9.47 Å². The normalized spacial score (nSPS) is 14.3. The van der Waals surface area contributed by atoms with E-state index in [2.05, 4.69) is 26.0 Å². The van der Waals surface area contributed by atoms with Crippen LogP contribution in [-0.2, 0) is 4.79 Å². The molecule has 1 aliphatic rings. The number of rotatable bonds is 7. The minimum absolute atomic E-state index is 0.231. The van der Waals surface area contributed by atoms with Crippen LogP contribution < -0.4 is 9.47 Å². The Labute approximate surface area is 139 Å². The number of methoxy groups -OCH3 is 1. The smallest absolute Gasteiger partial charge is 0.131 e. The van der Waals surface area contributed by atoms with Crippen LogP contribution in [0.4, 0.5) is 0 Å². The molecule has 124 valence electrons. The molecule has 23 heavy (non-hydrogen) atoms. The standard InChI is InChI=1S/C20H26O3/c1-5-7-17-18-11-10-16(22-4)12-20(18)23-13-19(17)14(2)8-6-9-15(3)21/h8,10-12H,5-7,9,13H2,1-4H3/b14-8+. The molecule has 2 rings (SSSR count). The second-order valence-electron chi connectivity index (χ2n) is 5.99. The molecule has 0 atom stereocenters. The van der Waals surface area contributed by atoms with Crippen molar-refractivity contribution in [2.45, 2.75) is 46.5 Å². The van der Waals surface area contributed by atoms with E-state index in [0.717, 1.165) is 36.3 Å². The van der Waals surface area contributed by atoms with Crippen LogP contribution in [0.15, 0.2) is 35.4 Å². The predicted molar refractivity (Wildman–Crippen MR) is 94.0 cm³/mol. The summed E-state index contributed by atoms with van der Waals surface area (Å²) in [5, 5.41) is 0. The van der Waals surface area contributed by atoms with E-state index in [1.54, 1.807) is 14.0 Å². The highest BCUT2D eigenvalue weighted by Gasteiger charge is 2.21. The van der Waals surface area contributed by atoms with Gasteiger partial charge in [-0.05, 0) is 55.5 Å². The summed E-state index contributed by atoms with van der Waals surface area (Å²) in [6.07, 6.45) is 5.66. The number of fused-ring (bicyclic) bond motifs is 1. The van der Waals surface area contributed by atoms with Crippen molar-refractivity contribution < 1.29 is 14.3 Å². The quantitative estimate of drug-likeness (QED) is 0.714. The summed E-state index contributed by atoms with van der Waals surface area (Å²) in [5.74, 6) is 1.94. The van der Waals surface area contributed by atoms with Crippen molar-refractivity contribution in [1.29, 1.82) is 0 Å². The van der Waals surface area contributed by atoms with E-state index >= 15 is 0 Å². The first-order valence-corrected chi connectivity index (χ1v) is 8.26. The number of benzene rings is 1. The van der Waals surface area contributed by atoms with Gasteiger partial charge < -0.3 is 14.3 Å². The summed E-state index contributed by atoms with van der Waals surface area (Å²) in [7, 11) is 1.67. The van der Waals surface area contributed by atoms with Gasteiger partial charge in [0.25, 0.3) is 0 Å². The zero-order valence-electron chi connectivity index (χ0n) is 14.6. The van der Waals surface area contributed by atoms with Crippen LogP contribution in [0.3, 0.4) is 0 Å². The first-order valence-electron chi connectivity index (χ1n) is 8.26. The van der Waals surface area contributed by atoms with Crippen LogP contribution in [-0.4, -0.2) is 19.5 Å². The Bertz CT molecular complexity index is 638. The van der Waals surface area contributed by atoms with E-state index in [-0.39, 0.29) is 5.78 Å². The van der Waals surface area contributed by atoms with Crippen molar-refractivity contribution in [3.8, 4) is 11.5 Å². The van der Waals surface area contributed by atoms with E-state index in [1.165, 1.54) is 16.7 Å². The van der Waals surface area contributed by atoms with Crippen molar-refractivity contribution in [3.63, 3.8) is 0 Å². The number of allylic oxidation sites excluding steroid dienone is 2. The second-order valence-corrected chi connectivity index (χ2v) is 5.99. The number of carbonyl (C=O) groups excluding carboxylic acids is 1. The van der Waals surface area contributed by atoms with Crippen molar-refractivity contribution >= 4 is 11.4 Å². The molecule has 0 fully saturated rings. The average molecular weight is 314 g/mol. The van der Waals surface area contributed by atoms with Gasteiger partial charge in [-0.1, -0.05) is 19.4 Å². The fourth-order valence-corrected chi connectivity index (χ4v) is 2.90. The van der Waals surface area contributed by atoms with Crippen LogP contribution in [0, 0.1) is 0 Å². The fourth-order valence-electron chi connectivity index (χ4n) is 2.90. The Morgan fingerprint density at radius 2 is 2.13 bits per heavy atom. The number of hydrogen-bond donors (Lipinski definition) is 0. The van der Waals surface area contributed by atoms with Gasteiger partial charge in [-0.2, -0.15) is 0 Å². The predicted octanol–water partition coefficient (Wildman–Crippen LogP) is 4.96. The first kappa shape index (κ1) is 17.3. The van der Waals surface area contributed by atoms with Crippen molar-refractivity contribution in [2.75, 3.05) is 13.7 Å². The third-order valence-electron chi connectivity index (χ3n) is 4.17. The second kappa shape index (κ2) is 8.00. The van der Waals surface area contributed by atoms with Crippen molar-refractivity contribution in [1.82, 2.24) is 0 Å². The van der Waals surface area contributed by atoms with Gasteiger partial charge in [0, 0.05) is 18.1 Å². The molecule has 0 unspecified atom stereocenters. The molecule has 0 bridgehead atoms. The summed E-state index contributed by atoms with van der Waals surface area (Å²) >= 11 is 0. The topological polar surface area (TPSA) is 35.5 Å². The van der Waals surface area contributed by atoms with E-state index in [0.29, 0.717) is 13.0 Å². The van der Waals surface area contributed by atoms with Gasteiger partial charge in [0.1, 0.15) is 23.9 Å². The number of carbonyl (C=O) groups is 1. The molecule has 1 aromatic rings. The molecule has 0 aromatic heterocycles. The summed E-state index contributed by atoms with van der Waals surface area (Å²) in [5.41, 5.74) is 4.99. The van der Waals surface area contributed by atoms with Crippen LogP contribution in [0.2, 0.25) is 0 Å². The molecule has 1 heterocycles. The molecule has 1 aliphatic heterocycles. The zero-order valence-corrected chi connectivity index (χ0v) is 14.6. The molecule has 0 saturated carbocycles. The lowest BCUT2D eigenvalue weighted by atomic mass is 9.89. The molecular formula is C20H26O3. The van der Waals surface area contributed by atoms with Crippen LogP contribution in [0.1, 0.15) is 52.0 Å². The lowest BCUT2D eigenvalue weighted by molar-refractivity contribution is -0.116. The average Bonchev–Trinajstić information content (AvgIpc) is 2.54. The monoisotopic (exact) mass is 314 g/mol. The van der Waals surface area contributed by atoms with Gasteiger partial charge in [0.15, 0.2) is 0 Å². The molecule has 0 spiro atoms. The fraction of sp³-hybridized carbons (Fsp3) is 0.450. The first-order chi connectivity index (χ1) is 11.1. The maximum absolute atomic E-state index is 11.1. The van der Waals surface area contributed by atoms with Crippen LogP contribution >= 0.6 is 0 Å². The van der Waals surface area contributed by atoms with E-state index in [1.807, 2.05) is 12.1 Å². The number of Topliss-reactive ketones (excluding diaryl/α,β-unsaturated/α-hetero) is 1. The summed E-state index contributed by atoms with van der Waals surface area (Å²) in [4.78, 5) is 11.1. The number of hydrogen-bond acceptors (Lipinski definition) is 3. The largest absolute Gasteiger partial charge is 0.497 e. The van der Waals surface area contributed by atoms with Gasteiger partial charge in [-0.3, -0.25) is 0 Å². The van der Waals surface area contributed by atoms with Gasteiger partial charge in [0.2, 0.25) is 0 Å². The molecule has 0 radical (unpaired) electrons. The molecule has 0 aliphatic carbocycles. The SMILES string of the molecule is CCCC1=C(/C(C)=C/CCC(C)=O)COc2cc(OC)ccc21. The van der Waals surface area contributed by atoms with Crippen molar-refractivity contribution in [3.05, 3.63) is 41.0 Å². The molecule has 3 nitrogen and oxygen atoms in total. The Hall–Kier alpha value is -2.03. The molecular weight excluding hydrogens is 288 g/mol. The third-order valence-corrected chi connectivity index (χ3v) is 4.17. The van der Waals surface area contributed by atoms with Crippen LogP contribution in [0.25, 0.3) is 5.57 Å². The van der Waals surface area contributed by atoms with Gasteiger partial charge in [0.05, 0.1) is 7.11 Å². The van der Waals surface area contributed by atoms with E-state index < -0.39 is 0 Å². The minimum Gasteiger partial charge on any atom is -0.497 e. The summed E-state index contributed by atoms with van der Waals surface area (Å²) < 4.78 is 11.2. The lowest BCUT2D eigenvalue weighted by Crippen LogP contribution is -2.12. The molecule has 3 heteroatoms. The summed E-state index contributed by atoms with van der Waals surface area (Å²) in [6.45, 7) is 6.53. The minimum atomic E-state index is 0.231. The van der Waals surface area contributed by atoms with Crippen molar-refractivity contribution in [2.24, 2.45) is 0 Å². The molecule has 0 amide bonds. The molecule has 0 N–H and O–H groups in total. The maximum atomic E-state index is 11.1. The summed E-state index contributed by atoms with van der Waals surface area (Å²) in [6, 6.07) is 6.02.